The average Bonchev–Trinajstić information content (AvgIpc) is 3.11. The van der Waals surface area contributed by atoms with E-state index in [9.17, 15) is 0 Å². The van der Waals surface area contributed by atoms with Crippen LogP contribution in [0.2, 0.25) is 0 Å². The number of rotatable bonds is 3. The molecule has 5 rings (SSSR count). The highest BCUT2D eigenvalue weighted by Crippen LogP contribution is 2.39. The van der Waals surface area contributed by atoms with Crippen molar-refractivity contribution >= 4 is 32.6 Å². The number of imidazole rings is 1. The van der Waals surface area contributed by atoms with Crippen LogP contribution in [-0.2, 0) is 7.05 Å². The molecule has 0 aliphatic heterocycles. The quantitative estimate of drug-likeness (QED) is 0.366. The number of aromatic nitrogens is 2. The molecule has 0 spiro atoms. The van der Waals surface area contributed by atoms with Crippen LogP contribution in [0, 0.1) is 6.92 Å². The highest BCUT2D eigenvalue weighted by Gasteiger charge is 2.18. The summed E-state index contributed by atoms with van der Waals surface area (Å²) in [6, 6.07) is 20.9. The molecule has 4 aromatic carbocycles. The van der Waals surface area contributed by atoms with Gasteiger partial charge in [0.1, 0.15) is 17.3 Å². The van der Waals surface area contributed by atoms with Crippen molar-refractivity contribution in [1.29, 1.82) is 0 Å². The monoisotopic (exact) mass is 382 g/mol. The predicted molar refractivity (Wildman–Crippen MR) is 119 cm³/mol. The fourth-order valence-electron chi connectivity index (χ4n) is 4.11. The maximum atomic E-state index is 5.50. The second-order valence-electron chi connectivity index (χ2n) is 7.38. The summed E-state index contributed by atoms with van der Waals surface area (Å²) in [4.78, 5) is 5.08. The Bertz CT molecular complexity index is 1380. The number of fused-ring (bicyclic) bond motifs is 6. The van der Waals surface area contributed by atoms with E-state index < -0.39 is 0 Å². The van der Waals surface area contributed by atoms with E-state index in [-0.39, 0.29) is 0 Å². The summed E-state index contributed by atoms with van der Waals surface area (Å²) in [5.74, 6) is 2.62. The second-order valence-corrected chi connectivity index (χ2v) is 7.38. The van der Waals surface area contributed by atoms with E-state index in [1.165, 1.54) is 5.56 Å². The summed E-state index contributed by atoms with van der Waals surface area (Å²) in [5.41, 5.74) is 4.47. The molecule has 0 fully saturated rings. The number of aryl methyl sites for hydroxylation is 2. The van der Waals surface area contributed by atoms with E-state index in [1.807, 2.05) is 12.1 Å². The molecule has 0 saturated heterocycles. The first-order valence-corrected chi connectivity index (χ1v) is 9.61. The molecule has 0 amide bonds. The van der Waals surface area contributed by atoms with Gasteiger partial charge in [0.2, 0.25) is 0 Å². The zero-order chi connectivity index (χ0) is 20.1. The lowest BCUT2D eigenvalue weighted by atomic mass is 9.99. The van der Waals surface area contributed by atoms with Gasteiger partial charge in [0.15, 0.2) is 0 Å². The Balaban J connectivity index is 1.95. The fourth-order valence-corrected chi connectivity index (χ4v) is 4.11. The van der Waals surface area contributed by atoms with E-state index in [2.05, 4.69) is 67.1 Å². The molecule has 0 saturated carbocycles. The smallest absolute Gasteiger partial charge is 0.140 e. The highest BCUT2D eigenvalue weighted by atomic mass is 16.5. The van der Waals surface area contributed by atoms with Crippen LogP contribution < -0.4 is 9.47 Å². The van der Waals surface area contributed by atoms with Crippen LogP contribution in [0.25, 0.3) is 44.0 Å². The summed E-state index contributed by atoms with van der Waals surface area (Å²) in [5, 5.41) is 4.49. The van der Waals surface area contributed by atoms with Crippen LogP contribution in [0.1, 0.15) is 5.56 Å². The molecule has 0 atom stereocenters. The average molecular weight is 382 g/mol. The maximum absolute atomic E-state index is 5.50. The van der Waals surface area contributed by atoms with Crippen molar-refractivity contribution < 1.29 is 9.47 Å². The normalized spacial score (nSPS) is 11.4. The van der Waals surface area contributed by atoms with Crippen molar-refractivity contribution in [2.75, 3.05) is 14.2 Å². The third-order valence-electron chi connectivity index (χ3n) is 5.66. The number of ether oxygens (including phenoxy) is 2. The van der Waals surface area contributed by atoms with Crippen LogP contribution in [0.5, 0.6) is 11.5 Å². The van der Waals surface area contributed by atoms with E-state index in [0.717, 1.165) is 55.5 Å². The first-order chi connectivity index (χ1) is 14.1. The van der Waals surface area contributed by atoms with Crippen molar-refractivity contribution in [2.45, 2.75) is 6.92 Å². The Hall–Kier alpha value is -3.53. The van der Waals surface area contributed by atoms with Gasteiger partial charge in [0.05, 0.1) is 25.3 Å². The molecule has 4 heteroatoms. The number of benzene rings is 4. The molecule has 0 aliphatic rings. The van der Waals surface area contributed by atoms with E-state index >= 15 is 0 Å². The van der Waals surface area contributed by atoms with Gasteiger partial charge in [0, 0.05) is 23.4 Å². The summed E-state index contributed by atoms with van der Waals surface area (Å²) in [6.07, 6.45) is 0. The Morgan fingerprint density at radius 3 is 1.93 bits per heavy atom. The number of nitrogens with zero attached hydrogens (tertiary/aromatic N) is 2. The van der Waals surface area contributed by atoms with Crippen LogP contribution in [0.3, 0.4) is 0 Å². The molecular formula is C25H22N2O2. The van der Waals surface area contributed by atoms with Gasteiger partial charge in [-0.2, -0.15) is 0 Å². The molecular weight excluding hydrogens is 360 g/mol. The molecule has 0 bridgehead atoms. The number of methoxy groups -OCH3 is 2. The topological polar surface area (TPSA) is 36.3 Å². The lowest BCUT2D eigenvalue weighted by Gasteiger charge is -2.11. The van der Waals surface area contributed by atoms with Crippen molar-refractivity contribution in [3.05, 3.63) is 66.2 Å². The zero-order valence-corrected chi connectivity index (χ0v) is 17.0. The van der Waals surface area contributed by atoms with E-state index in [0.29, 0.717) is 0 Å². The Morgan fingerprint density at radius 1 is 0.724 bits per heavy atom. The molecule has 1 heterocycles. The summed E-state index contributed by atoms with van der Waals surface area (Å²) in [7, 11) is 5.48. The lowest BCUT2D eigenvalue weighted by Crippen LogP contribution is -1.94. The third kappa shape index (κ3) is 2.64. The minimum absolute atomic E-state index is 0.829. The van der Waals surface area contributed by atoms with Crippen molar-refractivity contribution in [2.24, 2.45) is 7.05 Å². The predicted octanol–water partition coefficient (Wildman–Crippen LogP) is 5.87. The van der Waals surface area contributed by atoms with Crippen molar-refractivity contribution in [3.63, 3.8) is 0 Å². The lowest BCUT2D eigenvalue weighted by molar-refractivity contribution is 0.415. The van der Waals surface area contributed by atoms with Gasteiger partial charge in [-0.15, -0.1) is 0 Å². The van der Waals surface area contributed by atoms with Gasteiger partial charge in [-0.25, -0.2) is 4.98 Å². The first kappa shape index (κ1) is 17.6. The first-order valence-electron chi connectivity index (χ1n) is 9.61. The molecule has 29 heavy (non-hydrogen) atoms. The maximum Gasteiger partial charge on any atom is 0.140 e. The van der Waals surface area contributed by atoms with Gasteiger partial charge in [-0.3, -0.25) is 0 Å². The summed E-state index contributed by atoms with van der Waals surface area (Å²) >= 11 is 0. The SMILES string of the molecule is COc1ccc2c(c1)c1cc(OC)ccc1c1c2nc(-c2ccc(C)cc2)n1C. The van der Waals surface area contributed by atoms with Crippen LogP contribution in [-0.4, -0.2) is 23.8 Å². The zero-order valence-electron chi connectivity index (χ0n) is 17.0. The van der Waals surface area contributed by atoms with Gasteiger partial charge >= 0.3 is 0 Å². The number of hydrogen-bond donors (Lipinski definition) is 0. The fraction of sp³-hybridized carbons (Fsp3) is 0.160. The molecule has 5 aromatic rings. The Labute approximate surface area is 169 Å². The van der Waals surface area contributed by atoms with E-state index in [4.69, 9.17) is 14.5 Å². The van der Waals surface area contributed by atoms with Gasteiger partial charge < -0.3 is 14.0 Å². The molecule has 0 N–H and O–H groups in total. The molecule has 0 aliphatic carbocycles. The van der Waals surface area contributed by atoms with Gasteiger partial charge in [0.25, 0.3) is 0 Å². The van der Waals surface area contributed by atoms with Crippen LogP contribution in [0.15, 0.2) is 60.7 Å². The Morgan fingerprint density at radius 2 is 1.31 bits per heavy atom. The molecule has 0 radical (unpaired) electrons. The minimum Gasteiger partial charge on any atom is -0.497 e. The molecule has 1 aromatic heterocycles. The largest absolute Gasteiger partial charge is 0.497 e. The Kier molecular flexibility index (Phi) is 3.95. The summed E-state index contributed by atoms with van der Waals surface area (Å²) in [6.45, 7) is 2.10. The standard InChI is InChI=1S/C25H22N2O2/c1-15-5-7-16(8-6-15)25-26-23-19-11-9-17(28-3)13-21(19)22-14-18(29-4)10-12-20(22)24(23)27(25)2/h5-14H,1-4H3. The van der Waals surface area contributed by atoms with Crippen molar-refractivity contribution in [1.82, 2.24) is 9.55 Å². The second kappa shape index (κ2) is 6.52. The number of hydrogen-bond acceptors (Lipinski definition) is 3. The van der Waals surface area contributed by atoms with Gasteiger partial charge in [-0.1, -0.05) is 29.8 Å². The minimum atomic E-state index is 0.829. The van der Waals surface area contributed by atoms with E-state index in [1.54, 1.807) is 14.2 Å². The molecule has 4 nitrogen and oxygen atoms in total. The van der Waals surface area contributed by atoms with Crippen LogP contribution in [0.4, 0.5) is 0 Å². The third-order valence-corrected chi connectivity index (χ3v) is 5.66. The van der Waals surface area contributed by atoms with Gasteiger partial charge in [-0.05, 0) is 54.1 Å². The molecule has 144 valence electrons. The van der Waals surface area contributed by atoms with Crippen LogP contribution >= 0.6 is 0 Å². The van der Waals surface area contributed by atoms with Crippen molar-refractivity contribution in [3.8, 4) is 22.9 Å². The highest BCUT2D eigenvalue weighted by molar-refractivity contribution is 6.24. The summed E-state index contributed by atoms with van der Waals surface area (Å²) < 4.78 is 13.2. The molecule has 0 unspecified atom stereocenters.